The number of hydrogen-bond acceptors (Lipinski definition) is 4. The molecule has 0 unspecified atom stereocenters. The first-order valence-corrected chi connectivity index (χ1v) is 6.21. The Morgan fingerprint density at radius 2 is 2.33 bits per heavy atom. The van der Waals surface area contributed by atoms with Gasteiger partial charge in [-0.2, -0.15) is 0 Å². The van der Waals surface area contributed by atoms with Crippen LogP contribution in [0.15, 0.2) is 35.2 Å². The van der Waals surface area contributed by atoms with Crippen LogP contribution in [0.1, 0.15) is 19.1 Å². The van der Waals surface area contributed by atoms with Crippen molar-refractivity contribution in [3.05, 3.63) is 41.6 Å². The van der Waals surface area contributed by atoms with Gasteiger partial charge in [-0.05, 0) is 24.6 Å². The van der Waals surface area contributed by atoms with Crippen molar-refractivity contribution in [2.45, 2.75) is 19.9 Å². The lowest BCUT2D eigenvalue weighted by atomic mass is 10.3. The zero-order valence-corrected chi connectivity index (χ0v) is 10.9. The summed E-state index contributed by atoms with van der Waals surface area (Å²) in [5.41, 5.74) is 0.917. The summed E-state index contributed by atoms with van der Waals surface area (Å²) >= 11 is 6.12. The van der Waals surface area contributed by atoms with E-state index in [0.29, 0.717) is 23.9 Å². The normalized spacial score (nSPS) is 10.3. The zero-order valence-electron chi connectivity index (χ0n) is 10.1. The van der Waals surface area contributed by atoms with Gasteiger partial charge in [-0.15, -0.1) is 0 Å². The molecular weight excluding hydrogens is 252 g/mol. The molecule has 18 heavy (non-hydrogen) atoms. The maximum atomic E-state index is 6.12. The highest BCUT2D eigenvalue weighted by Crippen LogP contribution is 2.27. The topological polar surface area (TPSA) is 47.3 Å². The number of oxazole rings is 1. The van der Waals surface area contributed by atoms with Crippen LogP contribution in [-0.2, 0) is 6.54 Å². The van der Waals surface area contributed by atoms with Crippen LogP contribution in [0.3, 0.4) is 0 Å². The standard InChI is InChI=1S/C13H15ClN2O2/c1-2-5-17-13-4-3-10(6-12(13)14)16-8-11-7-15-9-18-11/h3-4,6-7,9,16H,2,5,8H2,1H3. The van der Waals surface area contributed by atoms with E-state index in [1.54, 1.807) is 6.20 Å². The average Bonchev–Trinajstić information content (AvgIpc) is 2.88. The first kappa shape index (κ1) is 12.8. The molecule has 4 nitrogen and oxygen atoms in total. The second-order valence-electron chi connectivity index (χ2n) is 3.81. The van der Waals surface area contributed by atoms with Gasteiger partial charge in [-0.25, -0.2) is 4.98 Å². The number of aromatic nitrogens is 1. The molecule has 0 fully saturated rings. The summed E-state index contributed by atoms with van der Waals surface area (Å²) in [6, 6.07) is 5.62. The van der Waals surface area contributed by atoms with Crippen molar-refractivity contribution in [2.24, 2.45) is 0 Å². The van der Waals surface area contributed by atoms with E-state index in [1.165, 1.54) is 6.39 Å². The van der Waals surface area contributed by atoms with Crippen LogP contribution in [0.25, 0.3) is 0 Å². The summed E-state index contributed by atoms with van der Waals surface area (Å²) in [5, 5.41) is 3.80. The van der Waals surface area contributed by atoms with E-state index in [9.17, 15) is 0 Å². The fourth-order valence-corrected chi connectivity index (χ4v) is 1.69. The average molecular weight is 267 g/mol. The Kier molecular flexibility index (Phi) is 4.47. The van der Waals surface area contributed by atoms with E-state index in [1.807, 2.05) is 18.2 Å². The van der Waals surface area contributed by atoms with Crippen LogP contribution in [0.2, 0.25) is 5.02 Å². The Labute approximate surface area is 111 Å². The molecule has 96 valence electrons. The molecule has 0 radical (unpaired) electrons. The van der Waals surface area contributed by atoms with Crippen molar-refractivity contribution < 1.29 is 9.15 Å². The van der Waals surface area contributed by atoms with Gasteiger partial charge in [0, 0.05) is 5.69 Å². The maximum absolute atomic E-state index is 6.12. The maximum Gasteiger partial charge on any atom is 0.180 e. The van der Waals surface area contributed by atoms with Crippen molar-refractivity contribution in [1.82, 2.24) is 4.98 Å². The van der Waals surface area contributed by atoms with Crippen LogP contribution in [0.4, 0.5) is 5.69 Å². The third kappa shape index (κ3) is 3.40. The number of hydrogen-bond donors (Lipinski definition) is 1. The quantitative estimate of drug-likeness (QED) is 0.865. The van der Waals surface area contributed by atoms with Crippen LogP contribution >= 0.6 is 11.6 Å². The number of halogens is 1. The third-order valence-corrected chi connectivity index (χ3v) is 2.64. The summed E-state index contributed by atoms with van der Waals surface area (Å²) < 4.78 is 10.6. The van der Waals surface area contributed by atoms with E-state index in [-0.39, 0.29) is 0 Å². The molecule has 0 bridgehead atoms. The Bertz CT molecular complexity index is 486. The Balaban J connectivity index is 1.95. The molecule has 1 aromatic carbocycles. The first-order valence-electron chi connectivity index (χ1n) is 5.83. The third-order valence-electron chi connectivity index (χ3n) is 2.34. The van der Waals surface area contributed by atoms with Crippen LogP contribution in [0.5, 0.6) is 5.75 Å². The smallest absolute Gasteiger partial charge is 0.180 e. The second-order valence-corrected chi connectivity index (χ2v) is 4.22. The second kappa shape index (κ2) is 6.31. The minimum Gasteiger partial charge on any atom is -0.492 e. The van der Waals surface area contributed by atoms with Gasteiger partial charge < -0.3 is 14.5 Å². The fourth-order valence-electron chi connectivity index (χ4n) is 1.46. The highest BCUT2D eigenvalue weighted by molar-refractivity contribution is 6.32. The molecule has 0 saturated heterocycles. The molecule has 0 aliphatic carbocycles. The molecule has 2 aromatic rings. The van der Waals surface area contributed by atoms with Gasteiger partial charge in [0.1, 0.15) is 11.5 Å². The van der Waals surface area contributed by atoms with Gasteiger partial charge in [-0.1, -0.05) is 18.5 Å². The molecular formula is C13H15ClN2O2. The molecule has 2 rings (SSSR count). The van der Waals surface area contributed by atoms with Crippen molar-refractivity contribution in [3.63, 3.8) is 0 Å². The number of ether oxygens (including phenoxy) is 1. The lowest BCUT2D eigenvalue weighted by Crippen LogP contribution is -1.99. The minimum absolute atomic E-state index is 0.575. The van der Waals surface area contributed by atoms with E-state index in [0.717, 1.165) is 17.9 Å². The molecule has 0 spiro atoms. The predicted molar refractivity (Wildman–Crippen MR) is 71.1 cm³/mol. The molecule has 1 aromatic heterocycles. The van der Waals surface area contributed by atoms with Gasteiger partial charge in [0.15, 0.2) is 6.39 Å². The molecule has 5 heteroatoms. The van der Waals surface area contributed by atoms with Gasteiger partial charge in [0.05, 0.1) is 24.4 Å². The van der Waals surface area contributed by atoms with E-state index in [2.05, 4.69) is 17.2 Å². The number of anilines is 1. The number of nitrogens with one attached hydrogen (secondary N) is 1. The lowest BCUT2D eigenvalue weighted by molar-refractivity contribution is 0.317. The van der Waals surface area contributed by atoms with Gasteiger partial charge in [0.2, 0.25) is 0 Å². The van der Waals surface area contributed by atoms with Crippen molar-refractivity contribution in [1.29, 1.82) is 0 Å². The van der Waals surface area contributed by atoms with Gasteiger partial charge in [0.25, 0.3) is 0 Å². The van der Waals surface area contributed by atoms with Crippen molar-refractivity contribution >= 4 is 17.3 Å². The molecule has 1 N–H and O–H groups in total. The number of benzene rings is 1. The Morgan fingerprint density at radius 1 is 1.44 bits per heavy atom. The SMILES string of the molecule is CCCOc1ccc(NCc2cnco2)cc1Cl. The summed E-state index contributed by atoms with van der Waals surface area (Å²) in [6.45, 7) is 3.30. The summed E-state index contributed by atoms with van der Waals surface area (Å²) in [7, 11) is 0. The minimum atomic E-state index is 0.575. The van der Waals surface area contributed by atoms with Gasteiger partial charge >= 0.3 is 0 Å². The summed E-state index contributed by atoms with van der Waals surface area (Å²) in [5.74, 6) is 1.49. The van der Waals surface area contributed by atoms with E-state index >= 15 is 0 Å². The summed E-state index contributed by atoms with van der Waals surface area (Å²) in [4.78, 5) is 3.85. The molecule has 0 amide bonds. The van der Waals surface area contributed by atoms with Crippen molar-refractivity contribution in [3.8, 4) is 5.75 Å². The zero-order chi connectivity index (χ0) is 12.8. The van der Waals surface area contributed by atoms with Crippen LogP contribution < -0.4 is 10.1 Å². The highest BCUT2D eigenvalue weighted by atomic mass is 35.5. The Hall–Kier alpha value is -1.68. The largest absolute Gasteiger partial charge is 0.492 e. The molecule has 0 aliphatic rings. The monoisotopic (exact) mass is 266 g/mol. The first-order chi connectivity index (χ1) is 8.79. The van der Waals surface area contributed by atoms with E-state index in [4.69, 9.17) is 20.8 Å². The predicted octanol–water partition coefficient (Wildman–Crippen LogP) is 3.73. The van der Waals surface area contributed by atoms with Crippen LogP contribution in [-0.4, -0.2) is 11.6 Å². The highest BCUT2D eigenvalue weighted by Gasteiger charge is 2.03. The molecule has 0 atom stereocenters. The number of rotatable bonds is 6. The fraction of sp³-hybridized carbons (Fsp3) is 0.308. The molecule has 1 heterocycles. The number of nitrogens with zero attached hydrogens (tertiary/aromatic N) is 1. The lowest BCUT2D eigenvalue weighted by Gasteiger charge is -2.09. The molecule has 0 aliphatic heterocycles. The van der Waals surface area contributed by atoms with E-state index < -0.39 is 0 Å². The van der Waals surface area contributed by atoms with Crippen LogP contribution in [0, 0.1) is 0 Å². The van der Waals surface area contributed by atoms with Crippen molar-refractivity contribution in [2.75, 3.05) is 11.9 Å². The Morgan fingerprint density at radius 3 is 3.00 bits per heavy atom. The molecule has 0 saturated carbocycles. The van der Waals surface area contributed by atoms with Gasteiger partial charge in [-0.3, -0.25) is 0 Å². The summed E-state index contributed by atoms with van der Waals surface area (Å²) in [6.07, 6.45) is 4.04.